The van der Waals surface area contributed by atoms with Gasteiger partial charge in [-0.25, -0.2) is 9.97 Å². The van der Waals surface area contributed by atoms with Crippen LogP contribution in [0.2, 0.25) is 0 Å². The Morgan fingerprint density at radius 3 is 2.53 bits per heavy atom. The fraction of sp³-hybridized carbons (Fsp3) is 0.320. The minimum absolute atomic E-state index is 0.0781. The lowest BCUT2D eigenvalue weighted by atomic mass is 10.1. The van der Waals surface area contributed by atoms with Crippen molar-refractivity contribution in [1.82, 2.24) is 15.3 Å². The first kappa shape index (κ1) is 21.8. The van der Waals surface area contributed by atoms with Crippen molar-refractivity contribution < 1.29 is 14.3 Å². The van der Waals surface area contributed by atoms with Crippen molar-refractivity contribution in [2.45, 2.75) is 25.8 Å². The second-order valence-electron chi connectivity index (χ2n) is 7.81. The average Bonchev–Trinajstić information content (AvgIpc) is 2.85. The van der Waals surface area contributed by atoms with Gasteiger partial charge in [0, 0.05) is 37.1 Å². The van der Waals surface area contributed by atoms with E-state index in [0.717, 1.165) is 25.9 Å². The maximum atomic E-state index is 12.6. The molecule has 1 N–H and O–H groups in total. The van der Waals surface area contributed by atoms with Crippen LogP contribution in [0.3, 0.4) is 0 Å². The Morgan fingerprint density at radius 2 is 1.78 bits per heavy atom. The zero-order valence-corrected chi connectivity index (χ0v) is 18.2. The molecule has 0 radical (unpaired) electrons. The van der Waals surface area contributed by atoms with Crippen LogP contribution in [0.25, 0.3) is 0 Å². The summed E-state index contributed by atoms with van der Waals surface area (Å²) in [4.78, 5) is 23.5. The molecule has 7 nitrogen and oxygen atoms in total. The summed E-state index contributed by atoms with van der Waals surface area (Å²) in [6, 6.07) is 17.5. The van der Waals surface area contributed by atoms with Crippen LogP contribution in [0.15, 0.2) is 67.0 Å². The summed E-state index contributed by atoms with van der Waals surface area (Å²) in [5.41, 5.74) is 1.87. The number of anilines is 1. The first-order valence-corrected chi connectivity index (χ1v) is 11.0. The molecular weight excluding hydrogens is 404 g/mol. The number of nitrogens with zero attached hydrogens (tertiary/aromatic N) is 3. The van der Waals surface area contributed by atoms with E-state index < -0.39 is 0 Å². The maximum absolute atomic E-state index is 12.6. The Morgan fingerprint density at radius 1 is 1.06 bits per heavy atom. The molecule has 1 aliphatic heterocycles. The summed E-state index contributed by atoms with van der Waals surface area (Å²) in [7, 11) is 0. The number of ether oxygens (including phenoxy) is 2. The average molecular weight is 433 g/mol. The van der Waals surface area contributed by atoms with Gasteiger partial charge in [0.15, 0.2) is 5.82 Å². The van der Waals surface area contributed by atoms with E-state index in [1.807, 2.05) is 25.1 Å². The van der Waals surface area contributed by atoms with Crippen LogP contribution in [-0.4, -0.2) is 48.2 Å². The van der Waals surface area contributed by atoms with Gasteiger partial charge in [0.2, 0.25) is 0 Å². The van der Waals surface area contributed by atoms with E-state index in [9.17, 15) is 4.79 Å². The SMILES string of the molecule is C[C@H](CCc1ccccc1)NC(=O)c1ccc(Oc2nccnc2N2CCOCC2)cc1. The Balaban J connectivity index is 1.33. The van der Waals surface area contributed by atoms with Gasteiger partial charge in [-0.05, 0) is 49.6 Å². The third-order valence-electron chi connectivity index (χ3n) is 5.37. The Bertz CT molecular complexity index is 1010. The lowest BCUT2D eigenvalue weighted by Gasteiger charge is -2.28. The van der Waals surface area contributed by atoms with Crippen molar-refractivity contribution >= 4 is 11.7 Å². The molecule has 7 heteroatoms. The van der Waals surface area contributed by atoms with Crippen LogP contribution in [0.1, 0.15) is 29.3 Å². The number of aryl methyl sites for hydroxylation is 1. The topological polar surface area (TPSA) is 76.6 Å². The highest BCUT2D eigenvalue weighted by Crippen LogP contribution is 2.28. The molecule has 0 spiro atoms. The standard InChI is InChI=1S/C25H28N4O3/c1-19(7-8-20-5-3-2-4-6-20)28-24(30)21-9-11-22(12-10-21)32-25-23(26-13-14-27-25)29-15-17-31-18-16-29/h2-6,9-14,19H,7-8,15-18H2,1H3,(H,28,30)/t19-/m1/s1. The van der Waals surface area contributed by atoms with Gasteiger partial charge < -0.3 is 19.7 Å². The molecule has 1 saturated heterocycles. The molecule has 0 saturated carbocycles. The molecule has 0 bridgehead atoms. The molecule has 1 atom stereocenters. The zero-order chi connectivity index (χ0) is 22.2. The van der Waals surface area contributed by atoms with Crippen molar-refractivity contribution in [1.29, 1.82) is 0 Å². The van der Waals surface area contributed by atoms with Crippen molar-refractivity contribution in [3.05, 3.63) is 78.1 Å². The van der Waals surface area contributed by atoms with E-state index in [1.165, 1.54) is 5.56 Å². The van der Waals surface area contributed by atoms with Gasteiger partial charge in [0.25, 0.3) is 11.8 Å². The van der Waals surface area contributed by atoms with E-state index >= 15 is 0 Å². The number of amides is 1. The van der Waals surface area contributed by atoms with Gasteiger partial charge in [-0.2, -0.15) is 0 Å². The predicted molar refractivity (Wildman–Crippen MR) is 123 cm³/mol. The minimum Gasteiger partial charge on any atom is -0.436 e. The number of nitrogens with one attached hydrogen (secondary N) is 1. The normalized spacial score (nSPS) is 14.6. The molecule has 0 unspecified atom stereocenters. The summed E-state index contributed by atoms with van der Waals surface area (Å²) in [5.74, 6) is 1.66. The Kier molecular flexibility index (Phi) is 7.30. The fourth-order valence-corrected chi connectivity index (χ4v) is 3.58. The molecule has 2 aromatic carbocycles. The van der Waals surface area contributed by atoms with Gasteiger partial charge in [0.05, 0.1) is 13.2 Å². The zero-order valence-electron chi connectivity index (χ0n) is 18.2. The lowest BCUT2D eigenvalue weighted by molar-refractivity contribution is 0.0938. The van der Waals surface area contributed by atoms with Crippen LogP contribution >= 0.6 is 0 Å². The van der Waals surface area contributed by atoms with Gasteiger partial charge in [-0.3, -0.25) is 4.79 Å². The molecule has 0 aliphatic carbocycles. The lowest BCUT2D eigenvalue weighted by Crippen LogP contribution is -2.37. The maximum Gasteiger partial charge on any atom is 0.263 e. The molecule has 1 aliphatic rings. The van der Waals surface area contributed by atoms with E-state index in [0.29, 0.717) is 36.2 Å². The minimum atomic E-state index is -0.0920. The van der Waals surface area contributed by atoms with E-state index in [4.69, 9.17) is 9.47 Å². The number of carbonyl (C=O) groups is 1. The number of benzene rings is 2. The summed E-state index contributed by atoms with van der Waals surface area (Å²) < 4.78 is 11.4. The van der Waals surface area contributed by atoms with Gasteiger partial charge in [0.1, 0.15) is 5.75 Å². The molecule has 32 heavy (non-hydrogen) atoms. The highest BCUT2D eigenvalue weighted by molar-refractivity contribution is 5.94. The van der Waals surface area contributed by atoms with Crippen LogP contribution in [0.5, 0.6) is 11.6 Å². The third kappa shape index (κ3) is 5.82. The van der Waals surface area contributed by atoms with E-state index in [2.05, 4.69) is 32.3 Å². The molecular formula is C25H28N4O3. The first-order chi connectivity index (χ1) is 15.7. The second-order valence-corrected chi connectivity index (χ2v) is 7.81. The number of carbonyl (C=O) groups excluding carboxylic acids is 1. The smallest absolute Gasteiger partial charge is 0.263 e. The summed E-state index contributed by atoms with van der Waals surface area (Å²) in [5, 5.41) is 3.07. The number of aromatic nitrogens is 2. The molecule has 1 aromatic heterocycles. The van der Waals surface area contributed by atoms with Crippen molar-refractivity contribution in [2.24, 2.45) is 0 Å². The summed E-state index contributed by atoms with van der Waals surface area (Å²) in [6.07, 6.45) is 5.08. The molecule has 1 fully saturated rings. The van der Waals surface area contributed by atoms with Gasteiger partial charge in [-0.1, -0.05) is 30.3 Å². The number of rotatable bonds is 8. The van der Waals surface area contributed by atoms with Gasteiger partial charge >= 0.3 is 0 Å². The van der Waals surface area contributed by atoms with Gasteiger partial charge in [-0.15, -0.1) is 0 Å². The van der Waals surface area contributed by atoms with E-state index in [-0.39, 0.29) is 11.9 Å². The summed E-state index contributed by atoms with van der Waals surface area (Å²) >= 11 is 0. The number of morpholine rings is 1. The number of hydrogen-bond donors (Lipinski definition) is 1. The Hall–Kier alpha value is -3.45. The highest BCUT2D eigenvalue weighted by atomic mass is 16.5. The number of hydrogen-bond acceptors (Lipinski definition) is 6. The third-order valence-corrected chi connectivity index (χ3v) is 5.37. The van der Waals surface area contributed by atoms with Crippen molar-refractivity contribution in [3.63, 3.8) is 0 Å². The predicted octanol–water partition coefficient (Wildman–Crippen LogP) is 3.86. The van der Waals surface area contributed by atoms with Crippen LogP contribution in [-0.2, 0) is 11.2 Å². The molecule has 166 valence electrons. The quantitative estimate of drug-likeness (QED) is 0.583. The van der Waals surface area contributed by atoms with Crippen LogP contribution in [0, 0.1) is 0 Å². The molecule has 1 amide bonds. The van der Waals surface area contributed by atoms with Crippen LogP contribution < -0.4 is 15.0 Å². The summed E-state index contributed by atoms with van der Waals surface area (Å²) in [6.45, 7) is 4.83. The van der Waals surface area contributed by atoms with Crippen molar-refractivity contribution in [3.8, 4) is 11.6 Å². The fourth-order valence-electron chi connectivity index (χ4n) is 3.58. The molecule has 4 rings (SSSR count). The largest absolute Gasteiger partial charge is 0.436 e. The highest BCUT2D eigenvalue weighted by Gasteiger charge is 2.18. The molecule has 2 heterocycles. The Labute approximate surface area is 188 Å². The molecule has 3 aromatic rings. The second kappa shape index (κ2) is 10.7. The van der Waals surface area contributed by atoms with Crippen molar-refractivity contribution in [2.75, 3.05) is 31.2 Å². The van der Waals surface area contributed by atoms with E-state index in [1.54, 1.807) is 36.7 Å². The van der Waals surface area contributed by atoms with Crippen LogP contribution in [0.4, 0.5) is 5.82 Å². The monoisotopic (exact) mass is 432 g/mol. The first-order valence-electron chi connectivity index (χ1n) is 11.0.